The molecule has 2 aliphatic carbocycles. The summed E-state index contributed by atoms with van der Waals surface area (Å²) >= 11 is 1.95. The van der Waals surface area contributed by atoms with Gasteiger partial charge in [0.2, 0.25) is 0 Å². The van der Waals surface area contributed by atoms with E-state index in [1.54, 1.807) is 11.1 Å². The smallest absolute Gasteiger partial charge is 0.0656 e. The van der Waals surface area contributed by atoms with Crippen LogP contribution in [-0.4, -0.2) is 10.7 Å². The van der Waals surface area contributed by atoms with E-state index in [9.17, 15) is 0 Å². The van der Waals surface area contributed by atoms with Crippen LogP contribution in [-0.2, 0) is 12.8 Å². The summed E-state index contributed by atoms with van der Waals surface area (Å²) in [4.78, 5) is 6.01. The normalized spacial score (nSPS) is 17.7. The molecule has 0 spiro atoms. The van der Waals surface area contributed by atoms with Crippen LogP contribution in [0.15, 0.2) is 54.1 Å². The molecule has 27 heavy (non-hydrogen) atoms. The molecule has 1 fully saturated rings. The second-order valence-corrected chi connectivity index (χ2v) is 9.70. The maximum absolute atomic E-state index is 4.71. The van der Waals surface area contributed by atoms with Gasteiger partial charge in [0.15, 0.2) is 0 Å². The van der Waals surface area contributed by atoms with Crippen LogP contribution >= 0.6 is 11.8 Å². The van der Waals surface area contributed by atoms with Crippen LogP contribution in [0.3, 0.4) is 0 Å². The van der Waals surface area contributed by atoms with Crippen LogP contribution in [0, 0.1) is 11.3 Å². The average molecular weight is 378 g/mol. The molecule has 1 heterocycles. The average Bonchev–Trinajstić information content (AvgIpc) is 3.44. The summed E-state index contributed by atoms with van der Waals surface area (Å²) in [5.41, 5.74) is 5.81. The van der Waals surface area contributed by atoms with Crippen LogP contribution in [0.4, 0.5) is 0 Å². The minimum absolute atomic E-state index is 0.418. The number of nitrogens with zero attached hydrogens (tertiary/aromatic N) is 1. The van der Waals surface area contributed by atoms with E-state index in [-0.39, 0.29) is 0 Å². The molecule has 1 aromatic heterocycles. The molecule has 0 N–H and O–H groups in total. The number of fused-ring (bicyclic) bond motifs is 1. The Morgan fingerprint density at radius 1 is 1.11 bits per heavy atom. The molecule has 4 rings (SSSR count). The number of benzene rings is 1. The summed E-state index contributed by atoms with van der Waals surface area (Å²) in [6, 6.07) is 13.4. The van der Waals surface area contributed by atoms with Crippen molar-refractivity contribution in [3.63, 3.8) is 0 Å². The number of rotatable bonds is 9. The van der Waals surface area contributed by atoms with Crippen molar-refractivity contribution in [3.05, 3.63) is 66.0 Å². The zero-order chi connectivity index (χ0) is 18.7. The van der Waals surface area contributed by atoms with E-state index in [2.05, 4.69) is 49.9 Å². The summed E-state index contributed by atoms with van der Waals surface area (Å²) < 4.78 is 0. The van der Waals surface area contributed by atoms with Crippen LogP contribution < -0.4 is 0 Å². The minimum Gasteiger partial charge on any atom is -0.255 e. The van der Waals surface area contributed by atoms with Crippen molar-refractivity contribution in [2.45, 2.75) is 63.2 Å². The lowest BCUT2D eigenvalue weighted by molar-refractivity contribution is 0.256. The van der Waals surface area contributed by atoms with Crippen LogP contribution in [0.1, 0.15) is 62.3 Å². The molecular formula is C25H31NS. The van der Waals surface area contributed by atoms with Gasteiger partial charge < -0.3 is 0 Å². The molecule has 0 aliphatic heterocycles. The molecule has 0 saturated heterocycles. The maximum atomic E-state index is 4.71. The van der Waals surface area contributed by atoms with Gasteiger partial charge in [0.1, 0.15) is 0 Å². The van der Waals surface area contributed by atoms with Crippen molar-refractivity contribution < 1.29 is 0 Å². The number of pyridine rings is 1. The molecule has 0 atom stereocenters. The van der Waals surface area contributed by atoms with E-state index in [1.807, 2.05) is 18.0 Å². The molecule has 1 nitrogen and oxygen atoms in total. The largest absolute Gasteiger partial charge is 0.255 e. The first-order valence-electron chi connectivity index (χ1n) is 10.5. The lowest BCUT2D eigenvalue weighted by Crippen LogP contribution is -2.21. The van der Waals surface area contributed by atoms with Crippen LogP contribution in [0.2, 0.25) is 0 Å². The van der Waals surface area contributed by atoms with Crippen molar-refractivity contribution in [1.29, 1.82) is 0 Å². The summed E-state index contributed by atoms with van der Waals surface area (Å²) in [6.07, 6.45) is 12.2. The fourth-order valence-corrected chi connectivity index (χ4v) is 5.55. The lowest BCUT2D eigenvalue weighted by Gasteiger charge is -2.29. The van der Waals surface area contributed by atoms with Gasteiger partial charge in [-0.2, -0.15) is 0 Å². The Kier molecular flexibility index (Phi) is 5.73. The molecule has 0 unspecified atom stereocenters. The van der Waals surface area contributed by atoms with Gasteiger partial charge in [-0.1, -0.05) is 44.2 Å². The van der Waals surface area contributed by atoms with Gasteiger partial charge in [0, 0.05) is 16.8 Å². The lowest BCUT2D eigenvalue weighted by atomic mass is 9.75. The van der Waals surface area contributed by atoms with Crippen molar-refractivity contribution >= 4 is 17.3 Å². The van der Waals surface area contributed by atoms with Crippen LogP contribution in [0.25, 0.3) is 5.57 Å². The Balaban J connectivity index is 1.35. The third-order valence-corrected chi connectivity index (χ3v) is 7.48. The number of hydrogen-bond acceptors (Lipinski definition) is 2. The highest BCUT2D eigenvalue weighted by atomic mass is 32.2. The molecule has 2 heteroatoms. The van der Waals surface area contributed by atoms with Gasteiger partial charge in [-0.15, -0.1) is 11.8 Å². The number of allylic oxidation sites excluding steroid dienone is 1. The highest BCUT2D eigenvalue weighted by molar-refractivity contribution is 7.99. The Morgan fingerprint density at radius 3 is 2.44 bits per heavy atom. The van der Waals surface area contributed by atoms with Gasteiger partial charge in [0.05, 0.1) is 5.69 Å². The van der Waals surface area contributed by atoms with E-state index in [0.717, 1.165) is 18.0 Å². The number of aromatic nitrogens is 1. The first kappa shape index (κ1) is 18.8. The van der Waals surface area contributed by atoms with Crippen molar-refractivity contribution in [1.82, 2.24) is 4.98 Å². The van der Waals surface area contributed by atoms with E-state index in [0.29, 0.717) is 5.41 Å². The quantitative estimate of drug-likeness (QED) is 0.438. The second kappa shape index (κ2) is 8.22. The zero-order valence-electron chi connectivity index (χ0n) is 16.5. The molecule has 2 aliphatic rings. The molecule has 0 bridgehead atoms. The summed E-state index contributed by atoms with van der Waals surface area (Å²) in [6.45, 7) is 6.69. The second-order valence-electron chi connectivity index (χ2n) is 8.61. The third kappa shape index (κ3) is 4.66. The molecular weight excluding hydrogens is 346 g/mol. The molecule has 1 aromatic carbocycles. The predicted octanol–water partition coefficient (Wildman–Crippen LogP) is 6.96. The Bertz CT molecular complexity index is 763. The molecule has 0 radical (unpaired) electrons. The number of hydrogen-bond donors (Lipinski definition) is 0. The van der Waals surface area contributed by atoms with Crippen molar-refractivity contribution in [3.8, 4) is 0 Å². The highest BCUT2D eigenvalue weighted by Gasteiger charge is 2.35. The highest BCUT2D eigenvalue weighted by Crippen LogP contribution is 2.45. The van der Waals surface area contributed by atoms with Crippen molar-refractivity contribution in [2.24, 2.45) is 11.3 Å². The fraction of sp³-hybridized carbons (Fsp3) is 0.480. The topological polar surface area (TPSA) is 12.9 Å². The molecule has 142 valence electrons. The third-order valence-electron chi connectivity index (χ3n) is 6.27. The number of thioether (sulfide) groups is 1. The first-order valence-corrected chi connectivity index (χ1v) is 11.5. The maximum Gasteiger partial charge on any atom is 0.0656 e. The monoisotopic (exact) mass is 377 g/mol. The SMILES string of the molecule is C=C(CCC1(CCC)Cc2ccccc2C1)c1ccc(SCC2CC2)cn1. The van der Waals surface area contributed by atoms with E-state index in [4.69, 9.17) is 4.98 Å². The van der Waals surface area contributed by atoms with Crippen LogP contribution in [0.5, 0.6) is 0 Å². The summed E-state index contributed by atoms with van der Waals surface area (Å²) in [7, 11) is 0. The van der Waals surface area contributed by atoms with E-state index < -0.39 is 0 Å². The van der Waals surface area contributed by atoms with Gasteiger partial charge in [-0.25, -0.2) is 0 Å². The minimum atomic E-state index is 0.418. The Labute approximate surface area is 168 Å². The standard InChI is InChI=1S/C25H31NS/c1-3-13-25(15-21-6-4-5-7-22(21)16-25)14-12-19(2)24-11-10-23(17-26-24)27-18-20-8-9-20/h4-7,10-11,17,20H,2-3,8-9,12-16,18H2,1H3. The first-order chi connectivity index (χ1) is 13.2. The summed E-state index contributed by atoms with van der Waals surface area (Å²) in [5.74, 6) is 2.21. The van der Waals surface area contributed by atoms with Crippen molar-refractivity contribution in [2.75, 3.05) is 5.75 Å². The molecule has 1 saturated carbocycles. The van der Waals surface area contributed by atoms with Gasteiger partial charge in [0.25, 0.3) is 0 Å². The Morgan fingerprint density at radius 2 is 1.85 bits per heavy atom. The summed E-state index contributed by atoms with van der Waals surface area (Å²) in [5, 5.41) is 0. The predicted molar refractivity (Wildman–Crippen MR) is 117 cm³/mol. The zero-order valence-corrected chi connectivity index (χ0v) is 17.4. The van der Waals surface area contributed by atoms with E-state index in [1.165, 1.54) is 61.2 Å². The molecule has 2 aromatic rings. The van der Waals surface area contributed by atoms with Gasteiger partial charge in [-0.3, -0.25) is 4.98 Å². The Hall–Kier alpha value is -1.54. The molecule has 0 amide bonds. The van der Waals surface area contributed by atoms with E-state index >= 15 is 0 Å². The van der Waals surface area contributed by atoms with Gasteiger partial charge >= 0.3 is 0 Å². The fourth-order valence-electron chi connectivity index (χ4n) is 4.50. The van der Waals surface area contributed by atoms with Gasteiger partial charge in [-0.05, 0) is 85.1 Å².